The number of aromatic carboxylic acids is 1. The summed E-state index contributed by atoms with van der Waals surface area (Å²) in [5.74, 6) is -0.156. The van der Waals surface area contributed by atoms with E-state index in [1.165, 1.54) is 50.3 Å². The van der Waals surface area contributed by atoms with Gasteiger partial charge in [0.05, 0.1) is 40.0 Å². The summed E-state index contributed by atoms with van der Waals surface area (Å²) in [5.41, 5.74) is -0.272. The number of piperazine rings is 1. The second kappa shape index (κ2) is 15.9. The van der Waals surface area contributed by atoms with Gasteiger partial charge in [0.1, 0.15) is 12.3 Å². The molecule has 0 spiro atoms. The lowest BCUT2D eigenvalue weighted by Crippen LogP contribution is -2.48. The Morgan fingerprint density at radius 1 is 0.917 bits per heavy atom. The number of rotatable bonds is 11. The Kier molecular flexibility index (Phi) is 11.8. The highest BCUT2D eigenvalue weighted by atomic mass is 16.5. The highest BCUT2D eigenvalue weighted by Gasteiger charge is 2.25. The van der Waals surface area contributed by atoms with Crippen LogP contribution in [0.1, 0.15) is 20.8 Å². The van der Waals surface area contributed by atoms with Gasteiger partial charge in [-0.15, -0.1) is 0 Å². The molecule has 2 N–H and O–H groups in total. The number of benzene rings is 1. The zero-order valence-corrected chi connectivity index (χ0v) is 27.4. The monoisotopic (exact) mass is 669 g/mol. The number of aliphatic hydroxyl groups is 1. The third-order valence-corrected chi connectivity index (χ3v) is 7.74. The number of ether oxygens (including phenoxy) is 4. The molecule has 0 amide bonds. The Hall–Kier alpha value is -5.42. The molecule has 0 bridgehead atoms. The Morgan fingerprint density at radius 2 is 1.58 bits per heavy atom. The number of aliphatic hydroxyl groups excluding tert-OH is 1. The third kappa shape index (κ3) is 7.58. The normalized spacial score (nSPS) is 13.1. The van der Waals surface area contributed by atoms with Crippen molar-refractivity contribution in [2.45, 2.75) is 6.54 Å². The molecule has 4 aromatic rings. The number of pyridine rings is 1. The quantitative estimate of drug-likeness (QED) is 0.206. The first-order valence-electron chi connectivity index (χ1n) is 14.9. The number of aromatic nitrogens is 5. The second-order valence-electron chi connectivity index (χ2n) is 10.6. The Bertz CT molecular complexity index is 1840. The number of carboxylic acids is 1. The SMILES string of the molecule is COc1cc(C(=O)OCCn2c(=O)c3c(nc(N4CCN(CCO)CC4)n3C)n(C)c2=O)cc(OC)c1OC.O=C(O)c1ccccn1. The molecule has 1 aliphatic heterocycles. The molecule has 0 saturated carbocycles. The van der Waals surface area contributed by atoms with E-state index in [-0.39, 0.29) is 42.2 Å². The Labute approximate surface area is 275 Å². The minimum Gasteiger partial charge on any atom is -0.493 e. The molecule has 48 heavy (non-hydrogen) atoms. The number of β-amino-alcohol motifs (C(OH)–C–C–N with tert-alkyl or cyclic N) is 1. The predicted octanol–water partition coefficient (Wildman–Crippen LogP) is 0.211. The van der Waals surface area contributed by atoms with Crippen LogP contribution in [-0.2, 0) is 25.4 Å². The molecule has 17 nitrogen and oxygen atoms in total. The summed E-state index contributed by atoms with van der Waals surface area (Å²) in [6.07, 6.45) is 1.45. The number of carbonyl (C=O) groups excluding carboxylic acids is 1. The van der Waals surface area contributed by atoms with Gasteiger partial charge in [-0.2, -0.15) is 4.98 Å². The van der Waals surface area contributed by atoms with Crippen LogP contribution in [0.15, 0.2) is 46.1 Å². The highest BCUT2D eigenvalue weighted by molar-refractivity contribution is 5.91. The van der Waals surface area contributed by atoms with Crippen LogP contribution < -0.4 is 30.4 Å². The Balaban J connectivity index is 0.000000500. The van der Waals surface area contributed by atoms with Gasteiger partial charge in [-0.3, -0.25) is 18.8 Å². The molecular weight excluding hydrogens is 630 g/mol. The first-order chi connectivity index (χ1) is 23.1. The minimum absolute atomic E-state index is 0.0810. The van der Waals surface area contributed by atoms with Crippen molar-refractivity contribution >= 4 is 29.1 Å². The number of carboxylic acid groups (broad SMARTS) is 1. The summed E-state index contributed by atoms with van der Waals surface area (Å²) in [7, 11) is 7.62. The van der Waals surface area contributed by atoms with Gasteiger partial charge in [0.25, 0.3) is 5.56 Å². The van der Waals surface area contributed by atoms with E-state index in [0.29, 0.717) is 42.8 Å². The molecule has 17 heteroatoms. The third-order valence-electron chi connectivity index (χ3n) is 7.74. The number of hydrogen-bond acceptors (Lipinski definition) is 13. The lowest BCUT2D eigenvalue weighted by molar-refractivity contribution is 0.0487. The van der Waals surface area contributed by atoms with E-state index in [1.807, 2.05) is 0 Å². The van der Waals surface area contributed by atoms with E-state index in [2.05, 4.69) is 19.8 Å². The summed E-state index contributed by atoms with van der Waals surface area (Å²) >= 11 is 0. The van der Waals surface area contributed by atoms with Crippen molar-refractivity contribution in [3.8, 4) is 17.2 Å². The molecule has 0 unspecified atom stereocenters. The van der Waals surface area contributed by atoms with Gasteiger partial charge in [-0.05, 0) is 24.3 Å². The number of imidazole rings is 1. The van der Waals surface area contributed by atoms with E-state index in [0.717, 1.165) is 17.7 Å². The molecule has 4 heterocycles. The summed E-state index contributed by atoms with van der Waals surface area (Å²) in [6.45, 7) is 3.22. The zero-order chi connectivity index (χ0) is 35.0. The minimum atomic E-state index is -0.990. The van der Waals surface area contributed by atoms with Crippen LogP contribution in [0.2, 0.25) is 0 Å². The van der Waals surface area contributed by atoms with Gasteiger partial charge in [0.15, 0.2) is 22.7 Å². The van der Waals surface area contributed by atoms with Gasteiger partial charge in [-0.25, -0.2) is 19.4 Å². The van der Waals surface area contributed by atoms with Crippen molar-refractivity contribution < 1.29 is 38.7 Å². The average molecular weight is 670 g/mol. The molecule has 0 atom stereocenters. The number of fused-ring (bicyclic) bond motifs is 1. The van der Waals surface area contributed by atoms with Gasteiger partial charge in [0.2, 0.25) is 11.7 Å². The van der Waals surface area contributed by atoms with Crippen molar-refractivity contribution in [3.05, 3.63) is 68.6 Å². The van der Waals surface area contributed by atoms with Crippen LogP contribution in [0, 0.1) is 0 Å². The topological polar surface area (TPSA) is 193 Å². The molecule has 0 radical (unpaired) electrons. The van der Waals surface area contributed by atoms with E-state index in [9.17, 15) is 24.3 Å². The molecular formula is C31H39N7O10. The van der Waals surface area contributed by atoms with Crippen molar-refractivity contribution in [1.29, 1.82) is 0 Å². The maximum atomic E-state index is 13.4. The van der Waals surface area contributed by atoms with E-state index in [4.69, 9.17) is 24.1 Å². The molecule has 1 aromatic carbocycles. The molecule has 1 fully saturated rings. The maximum absolute atomic E-state index is 13.4. The van der Waals surface area contributed by atoms with Gasteiger partial charge < -0.3 is 38.6 Å². The number of esters is 1. The van der Waals surface area contributed by atoms with Gasteiger partial charge >= 0.3 is 17.6 Å². The average Bonchev–Trinajstić information content (AvgIpc) is 3.46. The molecule has 258 valence electrons. The van der Waals surface area contributed by atoms with Crippen LogP contribution in [0.25, 0.3) is 11.2 Å². The van der Waals surface area contributed by atoms with Crippen LogP contribution in [-0.4, -0.2) is 118 Å². The largest absolute Gasteiger partial charge is 0.493 e. The smallest absolute Gasteiger partial charge is 0.354 e. The summed E-state index contributed by atoms with van der Waals surface area (Å²) < 4.78 is 25.2. The van der Waals surface area contributed by atoms with Gasteiger partial charge in [0, 0.05) is 53.0 Å². The van der Waals surface area contributed by atoms with Crippen molar-refractivity contribution in [1.82, 2.24) is 28.6 Å². The van der Waals surface area contributed by atoms with Crippen molar-refractivity contribution in [2.75, 3.05) is 72.2 Å². The number of methoxy groups -OCH3 is 3. The number of hydrogen-bond donors (Lipinski definition) is 2. The lowest BCUT2D eigenvalue weighted by Gasteiger charge is -2.34. The van der Waals surface area contributed by atoms with Crippen LogP contribution >= 0.6 is 0 Å². The Morgan fingerprint density at radius 3 is 2.10 bits per heavy atom. The fourth-order valence-corrected chi connectivity index (χ4v) is 5.23. The van der Waals surface area contributed by atoms with Crippen LogP contribution in [0.5, 0.6) is 17.2 Å². The summed E-state index contributed by atoms with van der Waals surface area (Å²) in [6, 6.07) is 7.68. The van der Waals surface area contributed by atoms with Crippen molar-refractivity contribution in [2.24, 2.45) is 14.1 Å². The van der Waals surface area contributed by atoms with Crippen molar-refractivity contribution in [3.63, 3.8) is 0 Å². The first kappa shape index (κ1) is 35.4. The number of carbonyl (C=O) groups is 2. The van der Waals surface area contributed by atoms with E-state index >= 15 is 0 Å². The molecule has 5 rings (SSSR count). The molecule has 1 aliphatic rings. The summed E-state index contributed by atoms with van der Waals surface area (Å²) in [4.78, 5) is 61.7. The fourth-order valence-electron chi connectivity index (χ4n) is 5.23. The zero-order valence-electron chi connectivity index (χ0n) is 27.4. The van der Waals surface area contributed by atoms with E-state index in [1.54, 1.807) is 30.8 Å². The van der Waals surface area contributed by atoms with Gasteiger partial charge in [-0.1, -0.05) is 6.07 Å². The molecule has 3 aromatic heterocycles. The molecule has 1 saturated heterocycles. The standard InChI is InChI=1S/C25H34N6O8.C6H5NO2/c1-27-19-21(26-24(27)30-8-6-29(7-9-30)10-12-32)28(2)25(35)31(22(19)33)11-13-39-23(34)16-14-17(36-3)20(38-5)18(15-16)37-4;8-6(9)5-3-1-2-4-7-5/h14-15,32H,6-13H2,1-5H3;1-4H,(H,8,9). The number of aryl methyl sites for hydroxylation is 2. The maximum Gasteiger partial charge on any atom is 0.354 e. The molecule has 0 aliphatic carbocycles. The number of nitrogens with zero attached hydrogens (tertiary/aromatic N) is 7. The fraction of sp³-hybridized carbons (Fsp3) is 0.419. The highest BCUT2D eigenvalue weighted by Crippen LogP contribution is 2.38. The van der Waals surface area contributed by atoms with Crippen LogP contribution in [0.4, 0.5) is 5.95 Å². The lowest BCUT2D eigenvalue weighted by atomic mass is 10.2. The predicted molar refractivity (Wildman–Crippen MR) is 174 cm³/mol. The van der Waals surface area contributed by atoms with E-state index < -0.39 is 23.2 Å². The van der Waals surface area contributed by atoms with Crippen LogP contribution in [0.3, 0.4) is 0 Å². The first-order valence-corrected chi connectivity index (χ1v) is 14.9. The second-order valence-corrected chi connectivity index (χ2v) is 10.6. The number of anilines is 1. The summed E-state index contributed by atoms with van der Waals surface area (Å²) in [5, 5.41) is 17.5.